The normalized spacial score (nSPS) is 13.9. The number of allylic oxidation sites excluding steroid dienone is 1. The summed E-state index contributed by atoms with van der Waals surface area (Å²) in [5.74, 6) is 0.555. The number of carbonyl (C=O) groups excluding carboxylic acids is 2. The maximum Gasteiger partial charge on any atom is 0.412 e. The number of rotatable bonds is 10. The van der Waals surface area contributed by atoms with E-state index >= 15 is 0 Å². The van der Waals surface area contributed by atoms with Crippen LogP contribution in [0.1, 0.15) is 24.5 Å². The topological polar surface area (TPSA) is 145 Å². The minimum Gasteiger partial charge on any atom is -0.504 e. The van der Waals surface area contributed by atoms with Gasteiger partial charge in [0.15, 0.2) is 29.1 Å². The number of ether oxygens (including phenoxy) is 5. The van der Waals surface area contributed by atoms with Gasteiger partial charge in [-0.2, -0.15) is 0 Å². The Morgan fingerprint density at radius 3 is 2.65 bits per heavy atom. The molecule has 0 fully saturated rings. The molecule has 0 aromatic heterocycles. The molecule has 2 aromatic carbocycles. The molecule has 1 aliphatic heterocycles. The zero-order valence-electron chi connectivity index (χ0n) is 18.6. The van der Waals surface area contributed by atoms with Crippen LogP contribution in [0.25, 0.3) is 0 Å². The molecule has 4 N–H and O–H groups in total. The molecule has 0 saturated carbocycles. The molecule has 0 unspecified atom stereocenters. The van der Waals surface area contributed by atoms with Crippen LogP contribution in [-0.2, 0) is 14.3 Å². The van der Waals surface area contributed by atoms with Gasteiger partial charge in [0.2, 0.25) is 6.79 Å². The SMILES string of the molecule is COc1ccc([C@@H](OC(=O)Nc2ccc3c(c2)OCO3)[C@@H](CC/C=C/C(=O)NO)OC)cc1O. The van der Waals surface area contributed by atoms with Gasteiger partial charge in [-0.15, -0.1) is 0 Å². The van der Waals surface area contributed by atoms with Crippen LogP contribution in [0.3, 0.4) is 0 Å². The fourth-order valence-electron chi connectivity index (χ4n) is 3.36. The molecular formula is C23H26N2O9. The van der Waals surface area contributed by atoms with Crippen LogP contribution in [0.15, 0.2) is 48.6 Å². The molecule has 182 valence electrons. The Bertz CT molecular complexity index is 1040. The number of phenolic OH excluding ortho intramolecular Hbond substituents is 1. The Morgan fingerprint density at radius 2 is 1.94 bits per heavy atom. The molecule has 34 heavy (non-hydrogen) atoms. The number of carbonyl (C=O) groups is 2. The van der Waals surface area contributed by atoms with Crippen molar-refractivity contribution in [2.75, 3.05) is 26.3 Å². The fraction of sp³-hybridized carbons (Fsp3) is 0.304. The Hall–Kier alpha value is -3.96. The predicted octanol–water partition coefficient (Wildman–Crippen LogP) is 3.28. The summed E-state index contributed by atoms with van der Waals surface area (Å²) in [6.45, 7) is 0.107. The molecule has 0 bridgehead atoms. The molecule has 3 rings (SSSR count). The lowest BCUT2D eigenvalue weighted by atomic mass is 9.99. The number of hydrogen-bond donors (Lipinski definition) is 4. The van der Waals surface area contributed by atoms with E-state index in [1.807, 2.05) is 0 Å². The molecule has 0 spiro atoms. The van der Waals surface area contributed by atoms with Crippen LogP contribution < -0.4 is 25.0 Å². The van der Waals surface area contributed by atoms with Crippen LogP contribution in [0.5, 0.6) is 23.0 Å². The highest BCUT2D eigenvalue weighted by Crippen LogP contribution is 2.36. The molecule has 0 aliphatic carbocycles. The van der Waals surface area contributed by atoms with Crippen molar-refractivity contribution >= 4 is 17.7 Å². The third kappa shape index (κ3) is 6.30. The standard InChI is InChI=1S/C23H26N2O9/c1-30-17-9-7-14(11-16(17)26)22(19(31-2)5-3-4-6-21(27)25-29)34-23(28)24-15-8-10-18-20(12-15)33-13-32-18/h4,6-12,19,22,26,29H,3,5,13H2,1-2H3,(H,24,28)(H,25,27)/b6-4+/t19-,22-/m1/s1. The van der Waals surface area contributed by atoms with E-state index in [1.54, 1.807) is 36.4 Å². The molecule has 2 atom stereocenters. The van der Waals surface area contributed by atoms with Gasteiger partial charge in [0, 0.05) is 24.9 Å². The van der Waals surface area contributed by atoms with Crippen molar-refractivity contribution in [1.82, 2.24) is 5.48 Å². The smallest absolute Gasteiger partial charge is 0.412 e. The second kappa shape index (κ2) is 11.8. The Kier molecular flexibility index (Phi) is 8.54. The molecule has 0 radical (unpaired) electrons. The van der Waals surface area contributed by atoms with Crippen molar-refractivity contribution in [2.45, 2.75) is 25.0 Å². The zero-order chi connectivity index (χ0) is 24.5. The molecule has 1 aliphatic rings. The van der Waals surface area contributed by atoms with Gasteiger partial charge in [-0.3, -0.25) is 15.3 Å². The number of fused-ring (bicyclic) bond motifs is 1. The molecular weight excluding hydrogens is 448 g/mol. The van der Waals surface area contributed by atoms with Gasteiger partial charge >= 0.3 is 6.09 Å². The second-order valence-corrected chi connectivity index (χ2v) is 7.18. The fourth-order valence-corrected chi connectivity index (χ4v) is 3.36. The zero-order valence-corrected chi connectivity index (χ0v) is 18.6. The molecule has 11 heteroatoms. The van der Waals surface area contributed by atoms with Gasteiger partial charge < -0.3 is 28.8 Å². The lowest BCUT2D eigenvalue weighted by Crippen LogP contribution is -2.28. The maximum absolute atomic E-state index is 12.7. The number of aromatic hydroxyl groups is 1. The van der Waals surface area contributed by atoms with E-state index in [9.17, 15) is 14.7 Å². The number of amides is 2. The van der Waals surface area contributed by atoms with E-state index < -0.39 is 24.2 Å². The number of methoxy groups -OCH3 is 2. The summed E-state index contributed by atoms with van der Waals surface area (Å²) in [7, 11) is 2.89. The number of nitrogens with one attached hydrogen (secondary N) is 2. The van der Waals surface area contributed by atoms with Gasteiger partial charge in [0.1, 0.15) is 0 Å². The van der Waals surface area contributed by atoms with Crippen molar-refractivity contribution in [3.63, 3.8) is 0 Å². The van der Waals surface area contributed by atoms with Gasteiger partial charge in [-0.05, 0) is 42.7 Å². The Labute approximate surface area is 195 Å². The predicted molar refractivity (Wildman–Crippen MR) is 119 cm³/mol. The largest absolute Gasteiger partial charge is 0.504 e. The third-order valence-electron chi connectivity index (χ3n) is 5.02. The first kappa shape index (κ1) is 24.7. The minimum atomic E-state index is -0.907. The van der Waals surface area contributed by atoms with Crippen molar-refractivity contribution in [3.8, 4) is 23.0 Å². The van der Waals surface area contributed by atoms with E-state index in [2.05, 4.69) is 5.32 Å². The quantitative estimate of drug-likeness (QED) is 0.232. The first-order chi connectivity index (χ1) is 16.4. The average Bonchev–Trinajstić information content (AvgIpc) is 3.30. The summed E-state index contributed by atoms with van der Waals surface area (Å²) in [6, 6.07) is 9.56. The first-order valence-corrected chi connectivity index (χ1v) is 10.3. The van der Waals surface area contributed by atoms with E-state index in [0.717, 1.165) is 0 Å². The van der Waals surface area contributed by atoms with Crippen LogP contribution in [0, 0.1) is 0 Å². The average molecular weight is 474 g/mol. The Balaban J connectivity index is 1.77. The van der Waals surface area contributed by atoms with Gasteiger partial charge in [-0.25, -0.2) is 10.3 Å². The Morgan fingerprint density at radius 1 is 1.15 bits per heavy atom. The van der Waals surface area contributed by atoms with E-state index in [1.165, 1.54) is 31.8 Å². The van der Waals surface area contributed by atoms with Crippen molar-refractivity contribution in [1.29, 1.82) is 0 Å². The van der Waals surface area contributed by atoms with E-state index in [0.29, 0.717) is 35.6 Å². The summed E-state index contributed by atoms with van der Waals surface area (Å²) < 4.78 is 26.9. The summed E-state index contributed by atoms with van der Waals surface area (Å²) >= 11 is 0. The van der Waals surface area contributed by atoms with E-state index in [4.69, 9.17) is 28.9 Å². The summed E-state index contributed by atoms with van der Waals surface area (Å²) in [5, 5.41) is 21.5. The van der Waals surface area contributed by atoms with Crippen LogP contribution in [-0.4, -0.2) is 49.4 Å². The molecule has 11 nitrogen and oxygen atoms in total. The summed E-state index contributed by atoms with van der Waals surface area (Å²) in [4.78, 5) is 23.9. The van der Waals surface area contributed by atoms with Gasteiger partial charge in [-0.1, -0.05) is 12.1 Å². The van der Waals surface area contributed by atoms with Gasteiger partial charge in [0.25, 0.3) is 5.91 Å². The molecule has 1 heterocycles. The highest BCUT2D eigenvalue weighted by molar-refractivity contribution is 5.86. The lowest BCUT2D eigenvalue weighted by molar-refractivity contribution is -0.124. The molecule has 0 saturated heterocycles. The third-order valence-corrected chi connectivity index (χ3v) is 5.02. The number of hydroxylamine groups is 1. The second-order valence-electron chi connectivity index (χ2n) is 7.18. The van der Waals surface area contributed by atoms with Crippen LogP contribution >= 0.6 is 0 Å². The van der Waals surface area contributed by atoms with Crippen molar-refractivity contribution in [3.05, 3.63) is 54.1 Å². The number of phenols is 1. The highest BCUT2D eigenvalue weighted by atomic mass is 16.7. The summed E-state index contributed by atoms with van der Waals surface area (Å²) in [5.41, 5.74) is 2.42. The van der Waals surface area contributed by atoms with Crippen LogP contribution in [0.4, 0.5) is 10.5 Å². The summed E-state index contributed by atoms with van der Waals surface area (Å²) in [6.07, 6.45) is 1.18. The van der Waals surface area contributed by atoms with Gasteiger partial charge in [0.05, 0.1) is 13.2 Å². The van der Waals surface area contributed by atoms with E-state index in [-0.39, 0.29) is 18.3 Å². The number of anilines is 1. The molecule has 2 amide bonds. The highest BCUT2D eigenvalue weighted by Gasteiger charge is 2.28. The first-order valence-electron chi connectivity index (χ1n) is 10.3. The minimum absolute atomic E-state index is 0.107. The number of hydrogen-bond acceptors (Lipinski definition) is 9. The number of benzene rings is 2. The maximum atomic E-state index is 12.7. The van der Waals surface area contributed by atoms with Crippen LogP contribution in [0.2, 0.25) is 0 Å². The monoisotopic (exact) mass is 474 g/mol. The lowest BCUT2D eigenvalue weighted by Gasteiger charge is -2.26. The molecule has 2 aromatic rings. The van der Waals surface area contributed by atoms with Crippen molar-refractivity contribution < 1.29 is 43.6 Å². The van der Waals surface area contributed by atoms with Crippen molar-refractivity contribution in [2.24, 2.45) is 0 Å².